The molecular formula is C14H21NO5. The molecule has 0 aromatic heterocycles. The molecule has 1 heterocycles. The van der Waals surface area contributed by atoms with Crippen molar-refractivity contribution in [2.24, 2.45) is 11.8 Å². The number of esters is 1. The van der Waals surface area contributed by atoms with Gasteiger partial charge in [-0.1, -0.05) is 0 Å². The molecule has 6 nitrogen and oxygen atoms in total. The van der Waals surface area contributed by atoms with Crippen molar-refractivity contribution < 1.29 is 24.2 Å². The Kier molecular flexibility index (Phi) is 3.75. The predicted octanol–water partition coefficient (Wildman–Crippen LogP) is 1.04. The fourth-order valence-electron chi connectivity index (χ4n) is 2.60. The number of carbonyl (C=O) groups is 3. The maximum Gasteiger partial charge on any atom is 0.329 e. The van der Waals surface area contributed by atoms with E-state index in [-0.39, 0.29) is 5.91 Å². The normalized spacial score (nSPS) is 29.1. The number of nitrogens with zero attached hydrogens (tertiary/aromatic N) is 1. The van der Waals surface area contributed by atoms with Crippen molar-refractivity contribution in [3.63, 3.8) is 0 Å². The summed E-state index contributed by atoms with van der Waals surface area (Å²) in [4.78, 5) is 36.7. The minimum atomic E-state index is -0.934. The Morgan fingerprint density at radius 2 is 1.85 bits per heavy atom. The zero-order valence-electron chi connectivity index (χ0n) is 12.1. The van der Waals surface area contributed by atoms with E-state index in [9.17, 15) is 14.4 Å². The third-order valence-corrected chi connectivity index (χ3v) is 3.64. The van der Waals surface area contributed by atoms with Gasteiger partial charge in [-0.3, -0.25) is 9.59 Å². The van der Waals surface area contributed by atoms with Crippen LogP contribution < -0.4 is 0 Å². The van der Waals surface area contributed by atoms with Crippen LogP contribution in [-0.4, -0.2) is 46.0 Å². The predicted molar refractivity (Wildman–Crippen MR) is 69.8 cm³/mol. The first-order valence-corrected chi connectivity index (χ1v) is 6.97. The van der Waals surface area contributed by atoms with Crippen LogP contribution in [0.2, 0.25) is 0 Å². The van der Waals surface area contributed by atoms with Gasteiger partial charge in [0.05, 0.1) is 11.8 Å². The summed E-state index contributed by atoms with van der Waals surface area (Å²) in [5.74, 6) is -2.59. The average Bonchev–Trinajstić information content (AvgIpc) is 2.95. The van der Waals surface area contributed by atoms with Crippen LogP contribution in [0.25, 0.3) is 0 Å². The highest BCUT2D eigenvalue weighted by Gasteiger charge is 2.52. The molecule has 2 rings (SSSR count). The minimum absolute atomic E-state index is 0.217. The van der Waals surface area contributed by atoms with E-state index >= 15 is 0 Å². The molecule has 2 unspecified atom stereocenters. The van der Waals surface area contributed by atoms with Crippen LogP contribution in [0.5, 0.6) is 0 Å². The number of carboxylic acids is 1. The second-order valence-corrected chi connectivity index (χ2v) is 6.51. The average molecular weight is 283 g/mol. The fraction of sp³-hybridized carbons (Fsp3) is 0.786. The number of amides is 1. The molecule has 0 aromatic carbocycles. The number of likely N-dealkylation sites (tertiary alicyclic amines) is 1. The lowest BCUT2D eigenvalue weighted by Gasteiger charge is -2.27. The molecule has 112 valence electrons. The standard InChI is InChI=1S/C14H21NO5/c1-14(2,3)20-13(19)10-5-4-6-15(10)11(16)8-7-9(8)12(17)18/h8-10H,4-7H2,1-3H3,(H,17,18)/t8?,9?,10-/m1/s1. The van der Waals surface area contributed by atoms with Gasteiger partial charge < -0.3 is 14.7 Å². The highest BCUT2D eigenvalue weighted by atomic mass is 16.6. The molecule has 0 spiro atoms. The van der Waals surface area contributed by atoms with Gasteiger partial charge in [-0.05, 0) is 40.0 Å². The second-order valence-electron chi connectivity index (χ2n) is 6.51. The lowest BCUT2D eigenvalue weighted by Crippen LogP contribution is -2.44. The van der Waals surface area contributed by atoms with Crippen molar-refractivity contribution in [2.75, 3.05) is 6.54 Å². The highest BCUT2D eigenvalue weighted by molar-refractivity contribution is 5.92. The van der Waals surface area contributed by atoms with Gasteiger partial charge in [-0.2, -0.15) is 0 Å². The fourth-order valence-corrected chi connectivity index (χ4v) is 2.60. The Labute approximate surface area is 118 Å². The van der Waals surface area contributed by atoms with Gasteiger partial charge in [0.1, 0.15) is 11.6 Å². The molecule has 1 amide bonds. The number of carbonyl (C=O) groups excluding carboxylic acids is 2. The Hall–Kier alpha value is -1.59. The van der Waals surface area contributed by atoms with Crippen LogP contribution in [0.4, 0.5) is 0 Å². The summed E-state index contributed by atoms with van der Waals surface area (Å²) >= 11 is 0. The molecule has 2 aliphatic rings. The molecule has 0 radical (unpaired) electrons. The van der Waals surface area contributed by atoms with Crippen LogP contribution in [0.15, 0.2) is 0 Å². The van der Waals surface area contributed by atoms with Gasteiger partial charge in [0, 0.05) is 6.54 Å². The SMILES string of the molecule is CC(C)(C)OC(=O)[C@H]1CCCN1C(=O)C1CC1C(=O)O. The van der Waals surface area contributed by atoms with Gasteiger partial charge >= 0.3 is 11.9 Å². The molecule has 0 aromatic rings. The topological polar surface area (TPSA) is 83.9 Å². The van der Waals surface area contributed by atoms with E-state index in [2.05, 4.69) is 0 Å². The van der Waals surface area contributed by atoms with E-state index in [4.69, 9.17) is 9.84 Å². The first kappa shape index (κ1) is 14.8. The number of hydrogen-bond donors (Lipinski definition) is 1. The maximum absolute atomic E-state index is 12.3. The number of ether oxygens (including phenoxy) is 1. The molecule has 1 N–H and O–H groups in total. The van der Waals surface area contributed by atoms with Crippen molar-refractivity contribution in [2.45, 2.75) is 51.7 Å². The quantitative estimate of drug-likeness (QED) is 0.782. The lowest BCUT2D eigenvalue weighted by molar-refractivity contribution is -0.163. The van der Waals surface area contributed by atoms with Crippen molar-refractivity contribution in [1.29, 1.82) is 0 Å². The number of carboxylic acid groups (broad SMARTS) is 1. The van der Waals surface area contributed by atoms with Crippen LogP contribution in [0.1, 0.15) is 40.0 Å². The van der Waals surface area contributed by atoms with Crippen molar-refractivity contribution >= 4 is 17.8 Å². The monoisotopic (exact) mass is 283 g/mol. The zero-order valence-corrected chi connectivity index (χ0v) is 12.1. The maximum atomic E-state index is 12.3. The van der Waals surface area contributed by atoms with E-state index < -0.39 is 35.4 Å². The van der Waals surface area contributed by atoms with E-state index in [1.807, 2.05) is 0 Å². The summed E-state index contributed by atoms with van der Waals surface area (Å²) in [6, 6.07) is -0.559. The third kappa shape index (κ3) is 3.11. The Bertz CT molecular complexity index is 439. The van der Waals surface area contributed by atoms with Crippen molar-refractivity contribution in [3.8, 4) is 0 Å². The molecule has 1 saturated carbocycles. The summed E-state index contributed by atoms with van der Waals surface area (Å²) in [7, 11) is 0. The first-order valence-electron chi connectivity index (χ1n) is 6.97. The van der Waals surface area contributed by atoms with E-state index in [0.29, 0.717) is 19.4 Å². The molecule has 2 fully saturated rings. The number of hydrogen-bond acceptors (Lipinski definition) is 4. The molecule has 1 aliphatic heterocycles. The van der Waals surface area contributed by atoms with Crippen LogP contribution >= 0.6 is 0 Å². The molecule has 0 bridgehead atoms. The minimum Gasteiger partial charge on any atom is -0.481 e. The van der Waals surface area contributed by atoms with E-state index in [0.717, 1.165) is 6.42 Å². The van der Waals surface area contributed by atoms with Gasteiger partial charge in [0.25, 0.3) is 0 Å². The molecule has 20 heavy (non-hydrogen) atoms. The highest BCUT2D eigenvalue weighted by Crippen LogP contribution is 2.41. The Morgan fingerprint density at radius 3 is 2.35 bits per heavy atom. The third-order valence-electron chi connectivity index (χ3n) is 3.64. The Morgan fingerprint density at radius 1 is 1.20 bits per heavy atom. The van der Waals surface area contributed by atoms with Crippen molar-refractivity contribution in [1.82, 2.24) is 4.90 Å². The lowest BCUT2D eigenvalue weighted by atomic mass is 10.1. The van der Waals surface area contributed by atoms with Gasteiger partial charge in [-0.15, -0.1) is 0 Å². The Balaban J connectivity index is 1.99. The first-order chi connectivity index (χ1) is 9.20. The summed E-state index contributed by atoms with van der Waals surface area (Å²) in [5.41, 5.74) is -0.586. The smallest absolute Gasteiger partial charge is 0.329 e. The van der Waals surface area contributed by atoms with Gasteiger partial charge in [0.15, 0.2) is 0 Å². The van der Waals surface area contributed by atoms with Crippen LogP contribution in [0, 0.1) is 11.8 Å². The van der Waals surface area contributed by atoms with E-state index in [1.165, 1.54) is 4.90 Å². The molecule has 1 saturated heterocycles. The van der Waals surface area contributed by atoms with Crippen molar-refractivity contribution in [3.05, 3.63) is 0 Å². The summed E-state index contributed by atoms with van der Waals surface area (Å²) in [6.45, 7) is 5.86. The largest absolute Gasteiger partial charge is 0.481 e. The van der Waals surface area contributed by atoms with Crippen LogP contribution in [0.3, 0.4) is 0 Å². The molecular weight excluding hydrogens is 262 g/mol. The molecule has 1 aliphatic carbocycles. The summed E-state index contributed by atoms with van der Waals surface area (Å²) < 4.78 is 5.33. The number of rotatable bonds is 3. The van der Waals surface area contributed by atoms with Gasteiger partial charge in [0.2, 0.25) is 5.91 Å². The van der Waals surface area contributed by atoms with E-state index in [1.54, 1.807) is 20.8 Å². The summed E-state index contributed by atoms with van der Waals surface area (Å²) in [6.07, 6.45) is 1.72. The zero-order chi connectivity index (χ0) is 15.1. The second kappa shape index (κ2) is 5.07. The summed E-state index contributed by atoms with van der Waals surface area (Å²) in [5, 5.41) is 8.88. The van der Waals surface area contributed by atoms with Crippen LogP contribution in [-0.2, 0) is 19.1 Å². The van der Waals surface area contributed by atoms with Gasteiger partial charge in [-0.25, -0.2) is 4.79 Å². The molecule has 6 heteroatoms. The number of aliphatic carboxylic acids is 1. The molecule has 3 atom stereocenters.